The molecule has 1 aliphatic heterocycles. The van der Waals surface area contributed by atoms with E-state index in [1.54, 1.807) is 19.1 Å². The molecule has 2 bridgehead atoms. The average molecular weight is 829 g/mol. The topological polar surface area (TPSA) is 150 Å². The fourth-order valence-corrected chi connectivity index (χ4v) is 10.1. The highest BCUT2D eigenvalue weighted by molar-refractivity contribution is 5.97. The number of fused-ring (bicyclic) bond motifs is 2. The van der Waals surface area contributed by atoms with Crippen LogP contribution in [0, 0.1) is 29.6 Å². The van der Waals surface area contributed by atoms with Gasteiger partial charge in [0.05, 0.1) is 33.0 Å². The Bertz CT molecular complexity index is 1940. The summed E-state index contributed by atoms with van der Waals surface area (Å²) >= 11 is 0. The van der Waals surface area contributed by atoms with Gasteiger partial charge in [0.2, 0.25) is 5.91 Å². The maximum Gasteiger partial charge on any atom is 0.251 e. The minimum atomic E-state index is -0.911. The number of para-hydroxylation sites is 2. The molecular weight excluding hydrogens is 761 g/mol. The third-order valence-corrected chi connectivity index (χ3v) is 13.4. The first-order valence-corrected chi connectivity index (χ1v) is 21.5. The number of anilines is 2. The average Bonchev–Trinajstić information content (AvgIpc) is 3.59. The molecule has 1 saturated heterocycles. The molecule has 2 amide bonds. The zero-order chi connectivity index (χ0) is 43.4. The van der Waals surface area contributed by atoms with Crippen LogP contribution < -0.4 is 25.2 Å². The number of nitrogens with zero attached hydrogens (tertiary/aromatic N) is 4. The fraction of sp³-hybridized carbons (Fsp3) is 0.574. The van der Waals surface area contributed by atoms with Crippen molar-refractivity contribution in [3.05, 3.63) is 77.4 Å². The van der Waals surface area contributed by atoms with E-state index in [4.69, 9.17) is 9.57 Å². The van der Waals surface area contributed by atoms with Gasteiger partial charge in [-0.05, 0) is 99.3 Å². The molecule has 1 heterocycles. The van der Waals surface area contributed by atoms with Gasteiger partial charge in [-0.25, -0.2) is 0 Å². The second kappa shape index (κ2) is 19.6. The minimum absolute atomic E-state index is 0.0399. The van der Waals surface area contributed by atoms with Crippen molar-refractivity contribution in [2.45, 2.75) is 76.9 Å². The van der Waals surface area contributed by atoms with Gasteiger partial charge in [-0.2, -0.15) is 5.06 Å². The van der Waals surface area contributed by atoms with Gasteiger partial charge in [0.25, 0.3) is 5.91 Å². The monoisotopic (exact) mass is 829 g/mol. The number of hydrogen-bond donors (Lipinski definition) is 5. The van der Waals surface area contributed by atoms with Crippen LogP contribution in [-0.2, 0) is 22.6 Å². The van der Waals surface area contributed by atoms with Crippen LogP contribution in [0.5, 0.6) is 5.75 Å². The van der Waals surface area contributed by atoms with Crippen LogP contribution in [0.3, 0.4) is 0 Å². The van der Waals surface area contributed by atoms with Crippen molar-refractivity contribution >= 4 is 23.2 Å². The highest BCUT2D eigenvalue weighted by Gasteiger charge is 2.53. The number of likely N-dealkylation sites (N-methyl/N-ethyl adjacent to an activating group) is 2. The summed E-state index contributed by atoms with van der Waals surface area (Å²) < 4.78 is 6.13. The van der Waals surface area contributed by atoms with E-state index in [0.717, 1.165) is 40.0 Å². The minimum Gasteiger partial charge on any atom is -0.496 e. The summed E-state index contributed by atoms with van der Waals surface area (Å²) in [7, 11) is 11.4. The Kier molecular flexibility index (Phi) is 14.8. The van der Waals surface area contributed by atoms with Gasteiger partial charge in [-0.1, -0.05) is 50.2 Å². The van der Waals surface area contributed by atoms with Crippen LogP contribution in [0.25, 0.3) is 11.1 Å². The molecule has 3 aliphatic carbocycles. The Hall–Kier alpha value is -4.24. The standard InChI is InChI=1S/C47H68N6O7/c1-28-33-23-39(28)29(2)40(24-33)49-47(58)44-43(30(3)56)42(27-55)60-53(44)25-32-14-12-15-38(45(32)59-9)34-19-35(22-37(21-34)51(6)7)46(57)48-36(26-50(4)5)20-31-13-10-11-16-41(31)52(8)17-18-54/h10-16,19,21-22,28-30,33,36,39-40,42-44,54-56H,17-18,20,23-27H2,1-9H3,(H,48,57)(H,49,58)/t28?,29-,30-,33-,36-,39+,40-,42-,43+,44-/m0/s1. The molecule has 10 atom stereocenters. The number of carbonyl (C=O) groups is 2. The smallest absolute Gasteiger partial charge is 0.251 e. The van der Waals surface area contributed by atoms with Gasteiger partial charge in [-0.3, -0.25) is 14.4 Å². The SMILES string of the molecule is COc1c(CN2O[C@@H](CO)[C@@H]([C@H](C)O)[C@H]2C(=O)N[C@H]2C[C@@H]3C[C@H](C3C)[C@@H]2C)cccc1-c1cc(C(=O)N[C@@H](Cc2ccccc2N(C)CCO)CN(C)C)cc(N(C)C)c1. The van der Waals surface area contributed by atoms with Crippen molar-refractivity contribution in [3.63, 3.8) is 0 Å². The van der Waals surface area contributed by atoms with E-state index in [1.165, 1.54) is 6.42 Å². The van der Waals surface area contributed by atoms with Crippen LogP contribution in [0.2, 0.25) is 0 Å². The largest absolute Gasteiger partial charge is 0.496 e. The number of rotatable bonds is 18. The second-order valence-corrected chi connectivity index (χ2v) is 18.0. The van der Waals surface area contributed by atoms with Gasteiger partial charge >= 0.3 is 0 Å². The zero-order valence-corrected chi connectivity index (χ0v) is 37.0. The van der Waals surface area contributed by atoms with E-state index in [2.05, 4.69) is 35.4 Å². The Balaban J connectivity index is 1.28. The van der Waals surface area contributed by atoms with Gasteiger partial charge in [-0.15, -0.1) is 0 Å². The lowest BCUT2D eigenvalue weighted by atomic mass is 9.52. The quantitative estimate of drug-likeness (QED) is 0.127. The van der Waals surface area contributed by atoms with Gasteiger partial charge in [0.15, 0.2) is 0 Å². The molecule has 3 saturated carbocycles. The highest BCUT2D eigenvalue weighted by Crippen LogP contribution is 2.53. The van der Waals surface area contributed by atoms with Crippen LogP contribution in [0.4, 0.5) is 11.4 Å². The summed E-state index contributed by atoms with van der Waals surface area (Å²) in [6.45, 7) is 7.15. The van der Waals surface area contributed by atoms with Crippen LogP contribution in [0.15, 0.2) is 60.7 Å². The number of aliphatic hydroxyl groups is 3. The summed E-state index contributed by atoms with van der Waals surface area (Å²) in [4.78, 5) is 40.9. The molecule has 4 fully saturated rings. The molecular formula is C47H68N6O7. The first-order chi connectivity index (χ1) is 28.6. The number of nitrogens with one attached hydrogen (secondary N) is 2. The number of hydroxylamine groups is 2. The van der Waals surface area contributed by atoms with Crippen molar-refractivity contribution in [2.24, 2.45) is 29.6 Å². The summed E-state index contributed by atoms with van der Waals surface area (Å²) in [6.07, 6.45) is 1.07. The first kappa shape index (κ1) is 45.3. The molecule has 5 N–H and O–H groups in total. The number of ether oxygens (including phenoxy) is 1. The molecule has 0 aromatic heterocycles. The summed E-state index contributed by atoms with van der Waals surface area (Å²) in [5.41, 5.74) is 5.69. The highest BCUT2D eigenvalue weighted by atomic mass is 16.7. The molecule has 4 aliphatic rings. The number of benzene rings is 3. The number of amides is 2. The molecule has 328 valence electrons. The van der Waals surface area contributed by atoms with E-state index in [1.807, 2.05) is 99.6 Å². The van der Waals surface area contributed by atoms with Crippen LogP contribution in [0.1, 0.15) is 55.1 Å². The molecule has 13 heteroatoms. The first-order valence-electron chi connectivity index (χ1n) is 21.5. The molecule has 13 nitrogen and oxygen atoms in total. The molecule has 3 aromatic rings. The van der Waals surface area contributed by atoms with E-state index >= 15 is 0 Å². The Morgan fingerprint density at radius 3 is 2.33 bits per heavy atom. The summed E-state index contributed by atoms with van der Waals surface area (Å²) in [5.74, 6) is 1.73. The number of aliphatic hydroxyl groups excluding tert-OH is 3. The second-order valence-electron chi connectivity index (χ2n) is 18.0. The zero-order valence-electron chi connectivity index (χ0n) is 37.0. The molecule has 0 radical (unpaired) electrons. The van der Waals surface area contributed by atoms with Crippen molar-refractivity contribution < 1.29 is 34.5 Å². The number of hydrogen-bond acceptors (Lipinski definition) is 11. The van der Waals surface area contributed by atoms with E-state index in [0.29, 0.717) is 54.5 Å². The van der Waals surface area contributed by atoms with Crippen molar-refractivity contribution in [3.8, 4) is 16.9 Å². The Morgan fingerprint density at radius 2 is 1.70 bits per heavy atom. The molecule has 60 heavy (non-hydrogen) atoms. The van der Waals surface area contributed by atoms with Crippen molar-refractivity contribution in [2.75, 3.05) is 78.5 Å². The molecule has 7 rings (SSSR count). The van der Waals surface area contributed by atoms with E-state index in [9.17, 15) is 24.9 Å². The molecule has 0 spiro atoms. The van der Waals surface area contributed by atoms with Crippen molar-refractivity contribution in [1.82, 2.24) is 20.6 Å². The lowest BCUT2D eigenvalue weighted by molar-refractivity contribution is -0.182. The Labute approximate surface area is 356 Å². The fourth-order valence-electron chi connectivity index (χ4n) is 10.1. The lowest BCUT2D eigenvalue weighted by Gasteiger charge is -2.55. The van der Waals surface area contributed by atoms with Gasteiger partial charge < -0.3 is 45.4 Å². The lowest BCUT2D eigenvalue weighted by Crippen LogP contribution is -2.59. The van der Waals surface area contributed by atoms with E-state index < -0.39 is 24.2 Å². The summed E-state index contributed by atoms with van der Waals surface area (Å²) in [5, 5.41) is 39.3. The molecule has 3 aromatic carbocycles. The van der Waals surface area contributed by atoms with Gasteiger partial charge in [0, 0.05) is 80.3 Å². The maximum atomic E-state index is 14.3. The summed E-state index contributed by atoms with van der Waals surface area (Å²) in [6, 6.07) is 18.7. The number of carbonyl (C=O) groups excluding carboxylic acids is 2. The normalized spacial score (nSPS) is 25.9. The molecule has 1 unspecified atom stereocenters. The predicted octanol–water partition coefficient (Wildman–Crippen LogP) is 4.03. The van der Waals surface area contributed by atoms with Crippen LogP contribution >= 0.6 is 0 Å². The van der Waals surface area contributed by atoms with Gasteiger partial charge in [0.1, 0.15) is 17.9 Å². The van der Waals surface area contributed by atoms with Crippen molar-refractivity contribution in [1.29, 1.82) is 0 Å². The third-order valence-electron chi connectivity index (χ3n) is 13.4. The third kappa shape index (κ3) is 9.77. The Morgan fingerprint density at radius 1 is 0.967 bits per heavy atom. The predicted molar refractivity (Wildman–Crippen MR) is 236 cm³/mol. The van der Waals surface area contributed by atoms with E-state index in [-0.39, 0.29) is 43.7 Å². The number of methoxy groups -OCH3 is 1. The van der Waals surface area contributed by atoms with Crippen LogP contribution in [-0.4, -0.2) is 136 Å². The maximum absolute atomic E-state index is 14.3.